The van der Waals surface area contributed by atoms with Crippen molar-refractivity contribution in [2.24, 2.45) is 5.92 Å². The van der Waals surface area contributed by atoms with Gasteiger partial charge in [0, 0.05) is 35.7 Å². The molecule has 0 unspecified atom stereocenters. The van der Waals surface area contributed by atoms with E-state index in [1.807, 2.05) is 62.8 Å². The largest absolute Gasteiger partial charge is 0.444 e. The first-order valence-electron chi connectivity index (χ1n) is 12.7. The van der Waals surface area contributed by atoms with Gasteiger partial charge in [-0.3, -0.25) is 4.57 Å². The molecule has 1 aromatic carbocycles. The van der Waals surface area contributed by atoms with Crippen LogP contribution in [0, 0.1) is 24.2 Å². The molecule has 1 atom stereocenters. The summed E-state index contributed by atoms with van der Waals surface area (Å²) in [4.78, 5) is 24.0. The SMILES string of the molecule is CSc1nc(-n2c(C)cc3c(C#N)cccc32)nc2c1CCC[C@@H]2OCC1CN(C(=O)OC(C)(C)C)C1. The maximum Gasteiger partial charge on any atom is 0.410 e. The number of aryl methyl sites for hydroxylation is 1. The Morgan fingerprint density at radius 2 is 2.05 bits per heavy atom. The summed E-state index contributed by atoms with van der Waals surface area (Å²) in [6.07, 6.45) is 4.55. The number of rotatable bonds is 5. The summed E-state index contributed by atoms with van der Waals surface area (Å²) in [6, 6.07) is 10.1. The zero-order chi connectivity index (χ0) is 26.3. The zero-order valence-electron chi connectivity index (χ0n) is 22.1. The lowest BCUT2D eigenvalue weighted by atomic mass is 9.94. The van der Waals surface area contributed by atoms with Gasteiger partial charge in [-0.2, -0.15) is 5.26 Å². The van der Waals surface area contributed by atoms with Crippen LogP contribution in [0.5, 0.6) is 0 Å². The number of amides is 1. The van der Waals surface area contributed by atoms with Crippen molar-refractivity contribution < 1.29 is 14.3 Å². The number of nitriles is 1. The van der Waals surface area contributed by atoms with E-state index in [4.69, 9.17) is 19.4 Å². The maximum absolute atomic E-state index is 12.3. The molecule has 1 saturated heterocycles. The molecule has 5 rings (SSSR count). The van der Waals surface area contributed by atoms with E-state index in [-0.39, 0.29) is 12.2 Å². The molecular formula is C28H33N5O3S. The van der Waals surface area contributed by atoms with Gasteiger partial charge in [-0.15, -0.1) is 11.8 Å². The zero-order valence-corrected chi connectivity index (χ0v) is 22.9. The monoisotopic (exact) mass is 519 g/mol. The Labute approximate surface area is 222 Å². The molecule has 1 fully saturated rings. The van der Waals surface area contributed by atoms with E-state index in [1.54, 1.807) is 16.7 Å². The quantitative estimate of drug-likeness (QED) is 0.321. The number of aromatic nitrogens is 3. The Balaban J connectivity index is 1.38. The molecule has 37 heavy (non-hydrogen) atoms. The van der Waals surface area contributed by atoms with Crippen LogP contribution in [0.4, 0.5) is 4.79 Å². The van der Waals surface area contributed by atoms with Crippen LogP contribution >= 0.6 is 11.8 Å². The second-order valence-electron chi connectivity index (χ2n) is 10.8. The molecular weight excluding hydrogens is 486 g/mol. The predicted molar refractivity (Wildman–Crippen MR) is 143 cm³/mol. The van der Waals surface area contributed by atoms with Gasteiger partial charge in [0.25, 0.3) is 0 Å². The predicted octanol–water partition coefficient (Wildman–Crippen LogP) is 5.58. The smallest absolute Gasteiger partial charge is 0.410 e. The summed E-state index contributed by atoms with van der Waals surface area (Å²) in [7, 11) is 0. The highest BCUT2D eigenvalue weighted by atomic mass is 32.2. The Morgan fingerprint density at radius 1 is 1.27 bits per heavy atom. The first kappa shape index (κ1) is 25.6. The second-order valence-corrected chi connectivity index (χ2v) is 11.6. The van der Waals surface area contributed by atoms with Gasteiger partial charge in [0.2, 0.25) is 5.95 Å². The number of ether oxygens (including phenoxy) is 2. The Kier molecular flexibility index (Phi) is 6.90. The third-order valence-corrected chi connectivity index (χ3v) is 7.60. The molecule has 0 N–H and O–H groups in total. The van der Waals surface area contributed by atoms with Crippen LogP contribution < -0.4 is 0 Å². The fourth-order valence-electron chi connectivity index (χ4n) is 5.13. The van der Waals surface area contributed by atoms with Gasteiger partial charge < -0.3 is 14.4 Å². The summed E-state index contributed by atoms with van der Waals surface area (Å²) < 4.78 is 13.9. The minimum Gasteiger partial charge on any atom is -0.444 e. The fraction of sp³-hybridized carbons (Fsp3) is 0.500. The van der Waals surface area contributed by atoms with Crippen molar-refractivity contribution in [1.29, 1.82) is 5.26 Å². The number of hydrogen-bond donors (Lipinski definition) is 0. The second kappa shape index (κ2) is 9.99. The fourth-order valence-corrected chi connectivity index (χ4v) is 5.76. The van der Waals surface area contributed by atoms with Gasteiger partial charge in [0.1, 0.15) is 10.6 Å². The lowest BCUT2D eigenvalue weighted by molar-refractivity contribution is -0.0417. The molecule has 0 bridgehead atoms. The molecule has 3 aromatic rings. The van der Waals surface area contributed by atoms with Crippen molar-refractivity contribution in [3.8, 4) is 12.0 Å². The van der Waals surface area contributed by atoms with Gasteiger partial charge in [-0.05, 0) is 71.4 Å². The Hall–Kier alpha value is -3.09. The van der Waals surface area contributed by atoms with E-state index >= 15 is 0 Å². The number of carbonyl (C=O) groups is 1. The average molecular weight is 520 g/mol. The number of likely N-dealkylation sites (tertiary alicyclic amines) is 1. The van der Waals surface area contributed by atoms with E-state index in [0.29, 0.717) is 37.1 Å². The van der Waals surface area contributed by atoms with Crippen LogP contribution in [-0.2, 0) is 15.9 Å². The molecule has 2 aromatic heterocycles. The van der Waals surface area contributed by atoms with Crippen molar-refractivity contribution in [1.82, 2.24) is 19.4 Å². The van der Waals surface area contributed by atoms with E-state index < -0.39 is 5.60 Å². The molecule has 8 nitrogen and oxygen atoms in total. The van der Waals surface area contributed by atoms with Gasteiger partial charge in [-0.25, -0.2) is 14.8 Å². The van der Waals surface area contributed by atoms with Gasteiger partial charge >= 0.3 is 6.09 Å². The summed E-state index contributed by atoms with van der Waals surface area (Å²) in [5, 5.41) is 11.4. The molecule has 1 amide bonds. The molecule has 0 saturated carbocycles. The van der Waals surface area contributed by atoms with E-state index in [2.05, 4.69) is 6.07 Å². The third kappa shape index (κ3) is 5.05. The third-order valence-electron chi connectivity index (χ3n) is 6.87. The van der Waals surface area contributed by atoms with E-state index in [9.17, 15) is 10.1 Å². The highest BCUT2D eigenvalue weighted by molar-refractivity contribution is 7.98. The number of benzene rings is 1. The Morgan fingerprint density at radius 3 is 2.76 bits per heavy atom. The van der Waals surface area contributed by atoms with Crippen molar-refractivity contribution >= 4 is 28.8 Å². The molecule has 2 aliphatic rings. The normalized spacial score (nSPS) is 17.8. The Bertz CT molecular complexity index is 1380. The summed E-state index contributed by atoms with van der Waals surface area (Å²) in [5.74, 6) is 0.903. The number of hydrogen-bond acceptors (Lipinski definition) is 7. The minimum atomic E-state index is -0.490. The van der Waals surface area contributed by atoms with Crippen LogP contribution in [0.25, 0.3) is 16.9 Å². The highest BCUT2D eigenvalue weighted by Gasteiger charge is 2.35. The van der Waals surface area contributed by atoms with Crippen LogP contribution in [-0.4, -0.2) is 57.1 Å². The first-order valence-corrected chi connectivity index (χ1v) is 14.0. The minimum absolute atomic E-state index is 0.108. The van der Waals surface area contributed by atoms with Gasteiger partial charge in [0.15, 0.2) is 0 Å². The maximum atomic E-state index is 12.3. The molecule has 0 spiro atoms. The van der Waals surface area contributed by atoms with Crippen LogP contribution in [0.15, 0.2) is 29.3 Å². The molecule has 194 valence electrons. The van der Waals surface area contributed by atoms with Crippen molar-refractivity contribution in [2.75, 3.05) is 26.0 Å². The number of fused-ring (bicyclic) bond motifs is 2. The van der Waals surface area contributed by atoms with Crippen molar-refractivity contribution in [2.45, 2.75) is 63.7 Å². The van der Waals surface area contributed by atoms with Crippen LogP contribution in [0.2, 0.25) is 0 Å². The summed E-state index contributed by atoms with van der Waals surface area (Å²) in [5.41, 5.74) is 4.19. The highest BCUT2D eigenvalue weighted by Crippen LogP contribution is 2.37. The molecule has 9 heteroatoms. The molecule has 1 aliphatic heterocycles. The summed E-state index contributed by atoms with van der Waals surface area (Å²) in [6.45, 7) is 9.53. The van der Waals surface area contributed by atoms with Gasteiger partial charge in [0.05, 0.1) is 35.6 Å². The van der Waals surface area contributed by atoms with Crippen molar-refractivity contribution in [3.05, 3.63) is 46.8 Å². The number of thioether (sulfide) groups is 1. The summed E-state index contributed by atoms with van der Waals surface area (Å²) >= 11 is 1.63. The lowest BCUT2D eigenvalue weighted by Gasteiger charge is -2.40. The number of nitrogens with zero attached hydrogens (tertiary/aromatic N) is 5. The standard InChI is InChI=1S/C28H33N5O3S/c1-17-12-21-19(13-29)8-6-10-22(21)33(17)26-30-24-20(25(31-26)37-5)9-7-11-23(24)35-16-18-14-32(15-18)27(34)36-28(2,3)4/h6,8,10,12,18,23H,7,9,11,14-16H2,1-5H3/t23-/m0/s1. The molecule has 1 aliphatic carbocycles. The molecule has 3 heterocycles. The number of carbonyl (C=O) groups excluding carboxylic acids is 1. The van der Waals surface area contributed by atoms with Crippen LogP contribution in [0.3, 0.4) is 0 Å². The first-order chi connectivity index (χ1) is 17.7. The average Bonchev–Trinajstić information content (AvgIpc) is 3.17. The molecule has 0 radical (unpaired) electrons. The van der Waals surface area contributed by atoms with E-state index in [0.717, 1.165) is 46.6 Å². The van der Waals surface area contributed by atoms with Crippen molar-refractivity contribution in [3.63, 3.8) is 0 Å². The van der Waals surface area contributed by atoms with Crippen LogP contribution in [0.1, 0.15) is 62.2 Å². The van der Waals surface area contributed by atoms with Gasteiger partial charge in [-0.1, -0.05) is 6.07 Å². The van der Waals surface area contributed by atoms with E-state index in [1.165, 1.54) is 5.56 Å². The topological polar surface area (TPSA) is 93.3 Å². The lowest BCUT2D eigenvalue weighted by Crippen LogP contribution is -2.53.